The van der Waals surface area contributed by atoms with Crippen LogP contribution < -0.4 is 10.5 Å². The number of carbonyl (C=O) groups excluding carboxylic acids is 1. The van der Waals surface area contributed by atoms with E-state index in [1.807, 2.05) is 0 Å². The van der Waals surface area contributed by atoms with Crippen molar-refractivity contribution in [1.29, 1.82) is 0 Å². The van der Waals surface area contributed by atoms with Crippen molar-refractivity contribution in [2.75, 3.05) is 7.11 Å². The minimum Gasteiger partial charge on any atom is -0.468 e. The number of ether oxygens (including phenoxy) is 2. The van der Waals surface area contributed by atoms with Gasteiger partial charge in [0.2, 0.25) is 0 Å². The molecule has 0 unspecified atom stereocenters. The lowest BCUT2D eigenvalue weighted by Crippen LogP contribution is -2.12. The zero-order valence-corrected chi connectivity index (χ0v) is 15.5. The van der Waals surface area contributed by atoms with Gasteiger partial charge in [-0.3, -0.25) is 9.48 Å². The zero-order valence-electron chi connectivity index (χ0n) is 13.8. The Labute approximate surface area is 161 Å². The molecule has 0 spiro atoms. The Hall–Kier alpha value is -2.35. The number of methoxy groups -OCH3 is 1. The second-order valence-electron chi connectivity index (χ2n) is 5.16. The van der Waals surface area contributed by atoms with Crippen molar-refractivity contribution >= 4 is 41.7 Å². The molecular weight excluding hydrogens is 384 g/mol. The first kappa shape index (κ1) is 21.7. The van der Waals surface area contributed by atoms with E-state index in [4.69, 9.17) is 10.5 Å². The number of fused-ring (bicyclic) bond motifs is 1. The van der Waals surface area contributed by atoms with Crippen LogP contribution in [0.15, 0.2) is 42.6 Å². The van der Waals surface area contributed by atoms with Gasteiger partial charge in [-0.25, -0.2) is 4.39 Å². The van der Waals surface area contributed by atoms with E-state index < -0.39 is 0 Å². The molecule has 0 aliphatic heterocycles. The van der Waals surface area contributed by atoms with E-state index in [9.17, 15) is 9.18 Å². The molecule has 6 nitrogen and oxygen atoms in total. The SMILES string of the molecule is COC(=O)Cn1ncc2cc(Oc3ccc(F)cc3CN)ccc21.Cl.Cl. The smallest absolute Gasteiger partial charge is 0.327 e. The molecule has 0 fully saturated rings. The molecule has 0 aliphatic rings. The normalized spacial score (nSPS) is 9.96. The molecular formula is C17H18Cl2FN3O3. The van der Waals surface area contributed by atoms with Gasteiger partial charge < -0.3 is 15.2 Å². The Kier molecular flexibility index (Phi) is 7.82. The van der Waals surface area contributed by atoms with Crippen LogP contribution in [0.1, 0.15) is 5.56 Å². The summed E-state index contributed by atoms with van der Waals surface area (Å²) in [6, 6.07) is 9.56. The zero-order chi connectivity index (χ0) is 17.1. The van der Waals surface area contributed by atoms with E-state index in [0.717, 1.165) is 10.9 Å². The number of nitrogens with zero attached hydrogens (tertiary/aromatic N) is 2. The number of rotatable bonds is 5. The third kappa shape index (κ3) is 4.63. The average molecular weight is 402 g/mol. The van der Waals surface area contributed by atoms with Crippen LogP contribution in [-0.2, 0) is 22.6 Å². The number of esters is 1. The number of nitrogens with two attached hydrogens (primary N) is 1. The molecule has 2 aromatic carbocycles. The fourth-order valence-corrected chi connectivity index (χ4v) is 2.38. The molecule has 3 aromatic rings. The van der Waals surface area contributed by atoms with Crippen LogP contribution >= 0.6 is 24.8 Å². The molecule has 3 rings (SSSR count). The summed E-state index contributed by atoms with van der Waals surface area (Å²) in [4.78, 5) is 11.4. The summed E-state index contributed by atoms with van der Waals surface area (Å²) in [5, 5.41) is 4.98. The summed E-state index contributed by atoms with van der Waals surface area (Å²) < 4.78 is 25.3. The van der Waals surface area contributed by atoms with Crippen LogP contribution in [0.5, 0.6) is 11.5 Å². The molecule has 0 radical (unpaired) electrons. The maximum Gasteiger partial charge on any atom is 0.327 e. The van der Waals surface area contributed by atoms with Gasteiger partial charge in [0.15, 0.2) is 0 Å². The Morgan fingerprint density at radius 2 is 2.00 bits per heavy atom. The lowest BCUT2D eigenvalue weighted by Gasteiger charge is -2.10. The first-order valence-corrected chi connectivity index (χ1v) is 7.29. The topological polar surface area (TPSA) is 79.4 Å². The van der Waals surface area contributed by atoms with Gasteiger partial charge in [-0.05, 0) is 36.4 Å². The maximum atomic E-state index is 13.3. The van der Waals surface area contributed by atoms with Crippen LogP contribution in [0.4, 0.5) is 4.39 Å². The molecule has 140 valence electrons. The average Bonchev–Trinajstić information content (AvgIpc) is 2.98. The molecule has 9 heteroatoms. The Morgan fingerprint density at radius 1 is 1.23 bits per heavy atom. The van der Waals surface area contributed by atoms with Gasteiger partial charge in [0.1, 0.15) is 23.9 Å². The standard InChI is InChI=1S/C17H16FN3O3.2ClH/c1-23-17(22)10-21-15-4-3-14(7-12(15)9-20-21)24-16-5-2-13(18)6-11(16)8-19;;/h2-7,9H,8,10,19H2,1H3;2*1H. The monoisotopic (exact) mass is 401 g/mol. The number of hydrogen-bond donors (Lipinski definition) is 1. The van der Waals surface area contributed by atoms with Crippen molar-refractivity contribution in [3.8, 4) is 11.5 Å². The second-order valence-corrected chi connectivity index (χ2v) is 5.16. The number of aromatic nitrogens is 2. The summed E-state index contributed by atoms with van der Waals surface area (Å²) in [5.74, 6) is 0.336. The molecule has 1 aromatic heterocycles. The number of halogens is 3. The predicted octanol–water partition coefficient (Wildman–Crippen LogP) is 3.44. The van der Waals surface area contributed by atoms with Crippen molar-refractivity contribution in [3.05, 3.63) is 54.0 Å². The minimum absolute atomic E-state index is 0. The van der Waals surface area contributed by atoms with Crippen molar-refractivity contribution in [1.82, 2.24) is 9.78 Å². The molecule has 26 heavy (non-hydrogen) atoms. The number of benzene rings is 2. The Balaban J connectivity index is 0.00000169. The third-order valence-electron chi connectivity index (χ3n) is 3.59. The number of carbonyl (C=O) groups is 1. The van der Waals surface area contributed by atoms with E-state index in [1.165, 1.54) is 19.2 Å². The van der Waals surface area contributed by atoms with Gasteiger partial charge >= 0.3 is 5.97 Å². The van der Waals surface area contributed by atoms with E-state index >= 15 is 0 Å². The second kappa shape index (κ2) is 9.38. The van der Waals surface area contributed by atoms with Crippen LogP contribution in [0.3, 0.4) is 0 Å². The summed E-state index contributed by atoms with van der Waals surface area (Å²) in [6.07, 6.45) is 1.64. The van der Waals surface area contributed by atoms with Crippen LogP contribution in [-0.4, -0.2) is 22.9 Å². The first-order chi connectivity index (χ1) is 11.6. The third-order valence-corrected chi connectivity index (χ3v) is 3.59. The molecule has 0 bridgehead atoms. The lowest BCUT2D eigenvalue weighted by molar-refractivity contribution is -0.141. The van der Waals surface area contributed by atoms with Crippen LogP contribution in [0.2, 0.25) is 0 Å². The highest BCUT2D eigenvalue weighted by Gasteiger charge is 2.10. The molecule has 0 aliphatic carbocycles. The van der Waals surface area contributed by atoms with Crippen molar-refractivity contribution in [2.24, 2.45) is 5.73 Å². The lowest BCUT2D eigenvalue weighted by atomic mass is 10.2. The highest BCUT2D eigenvalue weighted by atomic mass is 35.5. The van der Waals surface area contributed by atoms with Gasteiger partial charge in [0.25, 0.3) is 0 Å². The minimum atomic E-state index is -0.376. The summed E-state index contributed by atoms with van der Waals surface area (Å²) >= 11 is 0. The fraction of sp³-hybridized carbons (Fsp3) is 0.176. The molecule has 2 N–H and O–H groups in total. The number of hydrogen-bond acceptors (Lipinski definition) is 5. The van der Waals surface area contributed by atoms with Crippen LogP contribution in [0, 0.1) is 5.82 Å². The molecule has 0 saturated heterocycles. The predicted molar refractivity (Wildman–Crippen MR) is 101 cm³/mol. The summed E-state index contributed by atoms with van der Waals surface area (Å²) in [7, 11) is 1.33. The van der Waals surface area contributed by atoms with Gasteiger partial charge in [-0.2, -0.15) is 5.10 Å². The quantitative estimate of drug-likeness (QED) is 0.662. The largest absolute Gasteiger partial charge is 0.468 e. The Morgan fingerprint density at radius 3 is 2.69 bits per heavy atom. The summed E-state index contributed by atoms with van der Waals surface area (Å²) in [6.45, 7) is 0.210. The van der Waals surface area contributed by atoms with Crippen molar-refractivity contribution in [3.63, 3.8) is 0 Å². The van der Waals surface area contributed by atoms with Gasteiger partial charge in [0.05, 0.1) is 18.8 Å². The van der Waals surface area contributed by atoms with E-state index in [0.29, 0.717) is 17.1 Å². The molecule has 0 atom stereocenters. The molecule has 0 saturated carbocycles. The van der Waals surface area contributed by atoms with Gasteiger partial charge in [0, 0.05) is 17.5 Å². The molecule has 1 heterocycles. The van der Waals surface area contributed by atoms with Crippen LogP contribution in [0.25, 0.3) is 10.9 Å². The van der Waals surface area contributed by atoms with Crippen molar-refractivity contribution in [2.45, 2.75) is 13.1 Å². The van der Waals surface area contributed by atoms with Gasteiger partial charge in [-0.1, -0.05) is 0 Å². The molecule has 0 amide bonds. The van der Waals surface area contributed by atoms with Gasteiger partial charge in [-0.15, -0.1) is 24.8 Å². The van der Waals surface area contributed by atoms with E-state index in [1.54, 1.807) is 35.1 Å². The maximum absolute atomic E-state index is 13.3. The Bertz CT molecular complexity index is 902. The van der Waals surface area contributed by atoms with Crippen molar-refractivity contribution < 1.29 is 18.7 Å². The highest BCUT2D eigenvalue weighted by Crippen LogP contribution is 2.28. The fourth-order valence-electron chi connectivity index (χ4n) is 2.38. The highest BCUT2D eigenvalue weighted by molar-refractivity contribution is 5.85. The van der Waals surface area contributed by atoms with E-state index in [2.05, 4.69) is 9.84 Å². The van der Waals surface area contributed by atoms with E-state index in [-0.39, 0.29) is 49.7 Å². The summed E-state index contributed by atoms with van der Waals surface area (Å²) in [5.41, 5.74) is 6.99. The first-order valence-electron chi connectivity index (χ1n) is 7.29.